The summed E-state index contributed by atoms with van der Waals surface area (Å²) in [6, 6.07) is 13.0. The van der Waals surface area contributed by atoms with E-state index in [1.165, 1.54) is 0 Å². The highest BCUT2D eigenvalue weighted by atomic mass is 16.5. The first-order chi connectivity index (χ1) is 14.2. The molecule has 0 aromatic heterocycles. The maximum Gasteiger partial charge on any atom is 0.343 e. The number of hydrogen-bond acceptors (Lipinski definition) is 4. The molecule has 0 amide bonds. The van der Waals surface area contributed by atoms with Crippen LogP contribution < -0.4 is 4.74 Å². The van der Waals surface area contributed by atoms with Crippen molar-refractivity contribution in [2.45, 2.75) is 66.2 Å². The zero-order chi connectivity index (χ0) is 22.4. The molecule has 0 fully saturated rings. The third-order valence-electron chi connectivity index (χ3n) is 5.20. The van der Waals surface area contributed by atoms with E-state index < -0.39 is 11.9 Å². The molecular formula is C26H34O4. The third-order valence-corrected chi connectivity index (χ3v) is 5.20. The van der Waals surface area contributed by atoms with Crippen LogP contribution in [-0.2, 0) is 9.53 Å². The van der Waals surface area contributed by atoms with Gasteiger partial charge in [0.1, 0.15) is 5.75 Å². The molecule has 0 N–H and O–H groups in total. The number of ether oxygens (including phenoxy) is 2. The van der Waals surface area contributed by atoms with Crippen molar-refractivity contribution in [3.63, 3.8) is 0 Å². The summed E-state index contributed by atoms with van der Waals surface area (Å²) in [6.07, 6.45) is 0. The van der Waals surface area contributed by atoms with E-state index >= 15 is 0 Å². The Morgan fingerprint density at radius 2 is 1.47 bits per heavy atom. The van der Waals surface area contributed by atoms with Crippen molar-refractivity contribution in [1.82, 2.24) is 0 Å². The predicted molar refractivity (Wildman–Crippen MR) is 120 cm³/mol. The number of hydrogen-bond donors (Lipinski definition) is 0. The summed E-state index contributed by atoms with van der Waals surface area (Å²) in [7, 11) is 0. The normalized spacial score (nSPS) is 12.3. The van der Waals surface area contributed by atoms with Gasteiger partial charge >= 0.3 is 11.9 Å². The van der Waals surface area contributed by atoms with Crippen molar-refractivity contribution in [3.8, 4) is 5.75 Å². The lowest BCUT2D eigenvalue weighted by molar-refractivity contribution is -0.146. The summed E-state index contributed by atoms with van der Waals surface area (Å²) in [5.41, 5.74) is 3.24. The van der Waals surface area contributed by atoms with Crippen molar-refractivity contribution in [2.24, 2.45) is 5.92 Å². The summed E-state index contributed by atoms with van der Waals surface area (Å²) in [5, 5.41) is 0. The van der Waals surface area contributed by atoms with Gasteiger partial charge in [0, 0.05) is 5.56 Å². The summed E-state index contributed by atoms with van der Waals surface area (Å²) >= 11 is 0. The number of esters is 2. The minimum Gasteiger partial charge on any atom is -0.466 e. The molecule has 0 aliphatic carbocycles. The fraction of sp³-hybridized carbons (Fsp3) is 0.462. The average molecular weight is 411 g/mol. The second kappa shape index (κ2) is 10.4. The Morgan fingerprint density at radius 3 is 1.97 bits per heavy atom. The fourth-order valence-electron chi connectivity index (χ4n) is 3.53. The second-order valence-corrected chi connectivity index (χ2v) is 8.57. The molecular weight excluding hydrogens is 376 g/mol. The van der Waals surface area contributed by atoms with E-state index in [1.807, 2.05) is 26.0 Å². The summed E-state index contributed by atoms with van der Waals surface area (Å²) < 4.78 is 11.4. The summed E-state index contributed by atoms with van der Waals surface area (Å²) in [5.74, 6) is -0.371. The highest BCUT2D eigenvalue weighted by Crippen LogP contribution is 2.41. The van der Waals surface area contributed by atoms with Crippen LogP contribution >= 0.6 is 0 Å². The van der Waals surface area contributed by atoms with Crippen LogP contribution in [-0.4, -0.2) is 18.5 Å². The van der Waals surface area contributed by atoms with E-state index in [1.54, 1.807) is 31.2 Å². The molecule has 0 saturated heterocycles. The third kappa shape index (κ3) is 5.50. The number of carbonyl (C=O) groups excluding carboxylic acids is 2. The Morgan fingerprint density at radius 1 is 0.867 bits per heavy atom. The monoisotopic (exact) mass is 410 g/mol. The largest absolute Gasteiger partial charge is 0.466 e. The molecule has 0 heterocycles. The van der Waals surface area contributed by atoms with Gasteiger partial charge in [-0.25, -0.2) is 4.79 Å². The van der Waals surface area contributed by atoms with E-state index in [0.29, 0.717) is 17.9 Å². The minimum absolute atomic E-state index is 0.0133. The fourth-order valence-corrected chi connectivity index (χ4v) is 3.53. The van der Waals surface area contributed by atoms with Crippen LogP contribution in [0.1, 0.15) is 93.3 Å². The molecule has 0 saturated carbocycles. The van der Waals surface area contributed by atoms with E-state index in [2.05, 4.69) is 33.8 Å². The van der Waals surface area contributed by atoms with Gasteiger partial charge in [-0.2, -0.15) is 0 Å². The first-order valence-corrected chi connectivity index (χ1v) is 10.8. The van der Waals surface area contributed by atoms with Crippen molar-refractivity contribution in [3.05, 3.63) is 64.7 Å². The molecule has 1 unspecified atom stereocenters. The second-order valence-electron chi connectivity index (χ2n) is 8.57. The van der Waals surface area contributed by atoms with E-state index in [0.717, 1.165) is 16.7 Å². The van der Waals surface area contributed by atoms with Gasteiger partial charge in [-0.3, -0.25) is 4.79 Å². The Kier molecular flexibility index (Phi) is 8.22. The van der Waals surface area contributed by atoms with Crippen molar-refractivity contribution in [1.29, 1.82) is 0 Å². The zero-order valence-electron chi connectivity index (χ0n) is 19.2. The van der Waals surface area contributed by atoms with Crippen LogP contribution in [0.15, 0.2) is 42.5 Å². The van der Waals surface area contributed by atoms with Crippen molar-refractivity contribution >= 4 is 11.9 Å². The van der Waals surface area contributed by atoms with Gasteiger partial charge in [-0.15, -0.1) is 0 Å². The predicted octanol–water partition coefficient (Wildman–Crippen LogP) is 6.46. The topological polar surface area (TPSA) is 52.6 Å². The standard InChI is InChI=1S/C26H34O4/c1-8-29-26(28)23(18(6)7)22-15-20(16(2)3)14-21(17(4)5)24(22)30-25(27)19-12-10-9-11-13-19/h9-18,23H,8H2,1-7H3. The van der Waals surface area contributed by atoms with Gasteiger partial charge < -0.3 is 9.47 Å². The lowest BCUT2D eigenvalue weighted by Crippen LogP contribution is -2.23. The summed E-state index contributed by atoms with van der Waals surface area (Å²) in [6.45, 7) is 14.5. The highest BCUT2D eigenvalue weighted by molar-refractivity contribution is 5.92. The van der Waals surface area contributed by atoms with E-state index in [4.69, 9.17) is 9.47 Å². The van der Waals surface area contributed by atoms with Crippen LogP contribution in [0, 0.1) is 5.92 Å². The zero-order valence-corrected chi connectivity index (χ0v) is 19.2. The summed E-state index contributed by atoms with van der Waals surface area (Å²) in [4.78, 5) is 25.8. The van der Waals surface area contributed by atoms with Crippen LogP contribution in [0.2, 0.25) is 0 Å². The first kappa shape index (κ1) is 23.7. The van der Waals surface area contributed by atoms with Gasteiger partial charge in [0.15, 0.2) is 0 Å². The Hall–Kier alpha value is -2.62. The van der Waals surface area contributed by atoms with Crippen molar-refractivity contribution < 1.29 is 19.1 Å². The Labute approximate surface area is 180 Å². The molecule has 4 nitrogen and oxygen atoms in total. The molecule has 2 aromatic rings. The SMILES string of the molecule is CCOC(=O)C(c1cc(C(C)C)cc(C(C)C)c1OC(=O)c1ccccc1)C(C)C. The molecule has 0 spiro atoms. The molecule has 0 aliphatic heterocycles. The van der Waals surface area contributed by atoms with Crippen molar-refractivity contribution in [2.75, 3.05) is 6.61 Å². The molecule has 0 aliphatic rings. The van der Waals surface area contributed by atoms with E-state index in [9.17, 15) is 9.59 Å². The van der Waals surface area contributed by atoms with Gasteiger partial charge in [0.05, 0.1) is 18.1 Å². The Balaban J connectivity index is 2.69. The number of benzene rings is 2. The van der Waals surface area contributed by atoms with Gasteiger partial charge in [0.2, 0.25) is 0 Å². The molecule has 30 heavy (non-hydrogen) atoms. The molecule has 0 radical (unpaired) electrons. The van der Waals surface area contributed by atoms with Gasteiger partial charge in [-0.05, 0) is 47.9 Å². The molecule has 2 rings (SSSR count). The maximum absolute atomic E-state index is 12.9. The lowest BCUT2D eigenvalue weighted by atomic mass is 9.82. The Bertz CT molecular complexity index is 866. The van der Waals surface area contributed by atoms with Crippen LogP contribution in [0.25, 0.3) is 0 Å². The van der Waals surface area contributed by atoms with E-state index in [-0.39, 0.29) is 23.7 Å². The smallest absolute Gasteiger partial charge is 0.343 e. The lowest BCUT2D eigenvalue weighted by Gasteiger charge is -2.26. The van der Waals surface area contributed by atoms with Gasteiger partial charge in [-0.1, -0.05) is 71.9 Å². The quantitative estimate of drug-likeness (QED) is 0.370. The molecule has 1 atom stereocenters. The van der Waals surface area contributed by atoms with Gasteiger partial charge in [0.25, 0.3) is 0 Å². The average Bonchev–Trinajstić information content (AvgIpc) is 2.69. The molecule has 162 valence electrons. The highest BCUT2D eigenvalue weighted by Gasteiger charge is 2.32. The molecule has 4 heteroatoms. The first-order valence-electron chi connectivity index (χ1n) is 10.8. The molecule has 0 bridgehead atoms. The van der Waals surface area contributed by atoms with Crippen LogP contribution in [0.5, 0.6) is 5.75 Å². The number of rotatable bonds is 8. The minimum atomic E-state index is -0.514. The maximum atomic E-state index is 12.9. The van der Waals surface area contributed by atoms with Crippen LogP contribution in [0.3, 0.4) is 0 Å². The van der Waals surface area contributed by atoms with Crippen LogP contribution in [0.4, 0.5) is 0 Å². The molecule has 2 aromatic carbocycles. The number of carbonyl (C=O) groups is 2.